The van der Waals surface area contributed by atoms with Gasteiger partial charge in [0, 0.05) is 37.5 Å². The molecule has 0 radical (unpaired) electrons. The number of carbonyl (C=O) groups excluding carboxylic acids is 3. The van der Waals surface area contributed by atoms with Gasteiger partial charge in [-0.1, -0.05) is 176 Å². The topological polar surface area (TPSA) is 72.9 Å². The van der Waals surface area contributed by atoms with Gasteiger partial charge < -0.3 is 9.47 Å². The van der Waals surface area contributed by atoms with Gasteiger partial charge in [0.25, 0.3) is 0 Å². The van der Waals surface area contributed by atoms with Gasteiger partial charge in [-0.3, -0.25) is 19.3 Å². The third-order valence-corrected chi connectivity index (χ3v) is 14.3. The van der Waals surface area contributed by atoms with E-state index < -0.39 is 0 Å². The Hall–Kier alpha value is -1.53. The third kappa shape index (κ3) is 27.5. The lowest BCUT2D eigenvalue weighted by Crippen LogP contribution is -2.34. The van der Waals surface area contributed by atoms with Crippen molar-refractivity contribution in [1.82, 2.24) is 4.90 Å². The van der Waals surface area contributed by atoms with Crippen molar-refractivity contribution in [3.63, 3.8) is 0 Å². The second kappa shape index (κ2) is 34.9. The van der Waals surface area contributed by atoms with Crippen LogP contribution in [-0.2, 0) is 23.9 Å². The number of hydrogen-bond acceptors (Lipinski definition) is 6. The lowest BCUT2D eigenvalue weighted by Gasteiger charge is -2.24. The lowest BCUT2D eigenvalue weighted by atomic mass is 9.83. The van der Waals surface area contributed by atoms with E-state index in [9.17, 15) is 14.4 Å². The number of unbranched alkanes of at least 4 members (excludes halogenated alkanes) is 17. The fourth-order valence-corrected chi connectivity index (χ4v) is 9.58. The Kier molecular flexibility index (Phi) is 31.8. The predicted molar refractivity (Wildman–Crippen MR) is 255 cm³/mol. The zero-order valence-corrected chi connectivity index (χ0v) is 40.7. The molecular formula is C54H99NO5. The van der Waals surface area contributed by atoms with Crippen molar-refractivity contribution >= 4 is 17.5 Å². The molecule has 2 rings (SSSR count). The first kappa shape index (κ1) is 54.6. The molecule has 0 N–H and O–H groups in total. The number of carbonyl (C=O) groups is 3. The molecule has 0 spiro atoms. The van der Waals surface area contributed by atoms with Crippen LogP contribution < -0.4 is 0 Å². The Morgan fingerprint density at radius 1 is 0.717 bits per heavy atom. The number of esters is 1. The van der Waals surface area contributed by atoms with Crippen molar-refractivity contribution in [3.05, 3.63) is 12.2 Å². The normalized spacial score (nSPS) is 20.3. The Labute approximate surface area is 372 Å². The second-order valence-electron chi connectivity index (χ2n) is 20.4. The van der Waals surface area contributed by atoms with Crippen LogP contribution in [0.3, 0.4) is 0 Å². The van der Waals surface area contributed by atoms with Gasteiger partial charge in [-0.2, -0.15) is 0 Å². The van der Waals surface area contributed by atoms with Crippen LogP contribution in [-0.4, -0.2) is 60.9 Å². The summed E-state index contributed by atoms with van der Waals surface area (Å²) in [4.78, 5) is 40.3. The number of ether oxygens (including phenoxy) is 2. The van der Waals surface area contributed by atoms with Crippen LogP contribution in [0.5, 0.6) is 0 Å². The molecule has 2 aliphatic rings. The first-order chi connectivity index (χ1) is 29.0. The number of likely N-dealkylation sites (tertiary alicyclic amines) is 1. The minimum absolute atomic E-state index is 0.0142. The number of ketones is 2. The van der Waals surface area contributed by atoms with Crippen molar-refractivity contribution in [1.29, 1.82) is 0 Å². The first-order valence-corrected chi connectivity index (χ1v) is 26.3. The van der Waals surface area contributed by atoms with Crippen LogP contribution in [0.2, 0.25) is 0 Å². The summed E-state index contributed by atoms with van der Waals surface area (Å²) in [5.74, 6) is 2.59. The van der Waals surface area contributed by atoms with E-state index in [1.807, 2.05) is 6.08 Å². The largest absolute Gasteiger partial charge is 0.462 e. The molecule has 1 saturated heterocycles. The lowest BCUT2D eigenvalue weighted by molar-refractivity contribution is -0.150. The Morgan fingerprint density at radius 3 is 2.02 bits per heavy atom. The molecule has 0 aromatic heterocycles. The highest BCUT2D eigenvalue weighted by Crippen LogP contribution is 2.31. The van der Waals surface area contributed by atoms with E-state index in [0.29, 0.717) is 30.6 Å². The van der Waals surface area contributed by atoms with Gasteiger partial charge in [-0.25, -0.2) is 0 Å². The smallest absolute Gasteiger partial charge is 0.306 e. The van der Waals surface area contributed by atoms with Crippen LogP contribution in [0.25, 0.3) is 0 Å². The molecule has 4 atom stereocenters. The van der Waals surface area contributed by atoms with Crippen LogP contribution in [0.1, 0.15) is 253 Å². The molecule has 2 unspecified atom stereocenters. The minimum atomic E-state index is -0.209. The molecule has 1 aliphatic heterocycles. The van der Waals surface area contributed by atoms with Gasteiger partial charge in [0.05, 0.1) is 6.61 Å². The van der Waals surface area contributed by atoms with E-state index in [-0.39, 0.29) is 23.3 Å². The van der Waals surface area contributed by atoms with Gasteiger partial charge in [0.1, 0.15) is 11.9 Å². The standard InChI is InChI=1S/C54H99NO5/c1-7-9-11-13-16-22-31-52(32-23-17-14-12-10-8-2)60-53(58)33-24-18-15-21-27-42-59-45-50-43-49(37-39-51(57)38-36-48-30-28-29-46(3)34-35-48)44-55(50)41-26-20-19-25-40-54(5,6)47(4)56/h37,39,46,48-50,52H,7-36,38,40-45H2,1-6H3/t46?,48?,49-,50-/m0/s1. The van der Waals surface area contributed by atoms with Crippen LogP contribution in [0.15, 0.2) is 12.2 Å². The summed E-state index contributed by atoms with van der Waals surface area (Å²) < 4.78 is 12.4. The predicted octanol–water partition coefficient (Wildman–Crippen LogP) is 15.1. The zero-order chi connectivity index (χ0) is 43.7. The Balaban J connectivity index is 1.70. The SMILES string of the molecule is CCCCCCCCC(CCCCCCCC)OC(=O)CCCCCCCOC[C@@H]1C[C@H](C=CC(=O)CCC2CCCC(C)CC2)CN1CCCCCCC(C)(C)C(C)=O. The quantitative estimate of drug-likeness (QED) is 0.0267. The highest BCUT2D eigenvalue weighted by molar-refractivity contribution is 5.89. The molecule has 60 heavy (non-hydrogen) atoms. The number of rotatable bonds is 38. The molecule has 0 aromatic carbocycles. The molecule has 6 heteroatoms. The van der Waals surface area contributed by atoms with Crippen LogP contribution in [0.4, 0.5) is 0 Å². The number of hydrogen-bond donors (Lipinski definition) is 0. The van der Waals surface area contributed by atoms with Crippen molar-refractivity contribution in [2.75, 3.05) is 26.3 Å². The van der Waals surface area contributed by atoms with Crippen LogP contribution >= 0.6 is 0 Å². The van der Waals surface area contributed by atoms with Gasteiger partial charge in [-0.15, -0.1) is 0 Å². The van der Waals surface area contributed by atoms with E-state index in [4.69, 9.17) is 9.47 Å². The van der Waals surface area contributed by atoms with E-state index in [1.54, 1.807) is 6.92 Å². The molecular weight excluding hydrogens is 743 g/mol. The summed E-state index contributed by atoms with van der Waals surface area (Å²) in [6.07, 6.45) is 42.5. The highest BCUT2D eigenvalue weighted by Gasteiger charge is 2.31. The van der Waals surface area contributed by atoms with Gasteiger partial charge in [0.2, 0.25) is 0 Å². The molecule has 350 valence electrons. The summed E-state index contributed by atoms with van der Waals surface area (Å²) in [6.45, 7) is 16.4. The van der Waals surface area contributed by atoms with Crippen molar-refractivity contribution in [3.8, 4) is 0 Å². The zero-order valence-electron chi connectivity index (χ0n) is 40.7. The first-order valence-electron chi connectivity index (χ1n) is 26.3. The summed E-state index contributed by atoms with van der Waals surface area (Å²) in [6, 6.07) is 0.399. The summed E-state index contributed by atoms with van der Waals surface area (Å²) >= 11 is 0. The van der Waals surface area contributed by atoms with Gasteiger partial charge in [0.15, 0.2) is 5.78 Å². The van der Waals surface area contributed by atoms with E-state index in [2.05, 4.69) is 45.6 Å². The molecule has 1 saturated carbocycles. The van der Waals surface area contributed by atoms with Crippen LogP contribution in [0, 0.1) is 23.2 Å². The Morgan fingerprint density at radius 2 is 1.33 bits per heavy atom. The fraction of sp³-hybridized carbons (Fsp3) is 0.907. The van der Waals surface area contributed by atoms with E-state index in [0.717, 1.165) is 109 Å². The third-order valence-electron chi connectivity index (χ3n) is 14.3. The molecule has 0 amide bonds. The van der Waals surface area contributed by atoms with E-state index >= 15 is 0 Å². The summed E-state index contributed by atoms with van der Waals surface area (Å²) in [5.41, 5.74) is -0.209. The summed E-state index contributed by atoms with van der Waals surface area (Å²) in [7, 11) is 0. The molecule has 1 heterocycles. The average Bonchev–Trinajstić information content (AvgIpc) is 3.49. The van der Waals surface area contributed by atoms with Gasteiger partial charge in [-0.05, 0) is 102 Å². The van der Waals surface area contributed by atoms with Crippen molar-refractivity contribution in [2.45, 2.75) is 266 Å². The fourth-order valence-electron chi connectivity index (χ4n) is 9.58. The maximum absolute atomic E-state index is 12.9. The monoisotopic (exact) mass is 842 g/mol. The maximum Gasteiger partial charge on any atom is 0.306 e. The molecule has 6 nitrogen and oxygen atoms in total. The molecule has 1 aliphatic carbocycles. The minimum Gasteiger partial charge on any atom is -0.462 e. The number of Topliss-reactive ketones (excluding diaryl/α,β-unsaturated/α-hetero) is 1. The number of allylic oxidation sites excluding steroid dienone is 1. The maximum atomic E-state index is 12.9. The number of nitrogens with zero attached hydrogens (tertiary/aromatic N) is 1. The molecule has 2 fully saturated rings. The molecule has 0 aromatic rings. The Bertz CT molecular complexity index is 1100. The highest BCUT2D eigenvalue weighted by atomic mass is 16.5. The van der Waals surface area contributed by atoms with Gasteiger partial charge >= 0.3 is 5.97 Å². The van der Waals surface area contributed by atoms with E-state index in [1.165, 1.54) is 128 Å². The molecule has 0 bridgehead atoms. The summed E-state index contributed by atoms with van der Waals surface area (Å²) in [5, 5.41) is 0. The van der Waals surface area contributed by atoms with Crippen molar-refractivity contribution < 1.29 is 23.9 Å². The van der Waals surface area contributed by atoms with Crippen molar-refractivity contribution in [2.24, 2.45) is 23.2 Å². The average molecular weight is 842 g/mol. The second-order valence-corrected chi connectivity index (χ2v) is 20.4.